The van der Waals surface area contributed by atoms with Gasteiger partial charge in [0.1, 0.15) is 16.4 Å². The van der Waals surface area contributed by atoms with Gasteiger partial charge in [0.25, 0.3) is 0 Å². The molecule has 0 saturated carbocycles. The molecule has 12 heteroatoms. The van der Waals surface area contributed by atoms with Gasteiger partial charge in [-0.3, -0.25) is 14.4 Å². The normalized spacial score (nSPS) is 18.8. The molecule has 0 atom stereocenters. The van der Waals surface area contributed by atoms with Crippen molar-refractivity contribution < 1.29 is 26.4 Å². The number of carbonyl (C=O) groups is 1. The molecule has 2 aliphatic heterocycles. The molecule has 1 aromatic heterocycles. The summed E-state index contributed by atoms with van der Waals surface area (Å²) in [5.41, 5.74) is 0.737. The molecule has 1 spiro atoms. The third-order valence-corrected chi connectivity index (χ3v) is 7.41. The number of halogens is 4. The summed E-state index contributed by atoms with van der Waals surface area (Å²) >= 11 is 6.14. The zero-order valence-corrected chi connectivity index (χ0v) is 19.5. The minimum atomic E-state index is -4.50. The van der Waals surface area contributed by atoms with Crippen LogP contribution in [0.15, 0.2) is 30.6 Å². The van der Waals surface area contributed by atoms with Crippen molar-refractivity contribution in [3.05, 3.63) is 46.7 Å². The van der Waals surface area contributed by atoms with Gasteiger partial charge in [-0.1, -0.05) is 11.6 Å². The maximum atomic E-state index is 13.3. The lowest BCUT2D eigenvalue weighted by Gasteiger charge is -2.38. The fraction of sp³-hybridized carbons (Fsp3) is 0.524. The summed E-state index contributed by atoms with van der Waals surface area (Å²) in [6.07, 6.45) is 0.901. The molecule has 1 aromatic carbocycles. The smallest absolute Gasteiger partial charge is 0.302 e. The number of sulfone groups is 1. The van der Waals surface area contributed by atoms with Crippen molar-refractivity contribution in [3.63, 3.8) is 0 Å². The summed E-state index contributed by atoms with van der Waals surface area (Å²) < 4.78 is 63.7. The van der Waals surface area contributed by atoms with Gasteiger partial charge in [-0.2, -0.15) is 18.3 Å². The van der Waals surface area contributed by atoms with E-state index in [1.807, 2.05) is 0 Å². The highest BCUT2D eigenvalue weighted by Crippen LogP contribution is 2.49. The largest absolute Gasteiger partial charge is 0.406 e. The number of aromatic nitrogens is 2. The quantitative estimate of drug-likeness (QED) is 0.604. The van der Waals surface area contributed by atoms with E-state index in [2.05, 4.69) is 10.00 Å². The second kappa shape index (κ2) is 8.59. The summed E-state index contributed by atoms with van der Waals surface area (Å²) in [6.45, 7) is 0.539. The van der Waals surface area contributed by atoms with Crippen LogP contribution in [0, 0.1) is 0 Å². The van der Waals surface area contributed by atoms with Crippen molar-refractivity contribution in [2.24, 2.45) is 0 Å². The number of hydrogen-bond acceptors (Lipinski definition) is 5. The highest BCUT2D eigenvalue weighted by atomic mass is 35.5. The van der Waals surface area contributed by atoms with E-state index >= 15 is 0 Å². The molecule has 1 saturated heterocycles. The van der Waals surface area contributed by atoms with Gasteiger partial charge in [0, 0.05) is 35.3 Å². The van der Waals surface area contributed by atoms with Crippen LogP contribution in [0.4, 0.5) is 18.9 Å². The van der Waals surface area contributed by atoms with E-state index in [4.69, 9.17) is 11.6 Å². The van der Waals surface area contributed by atoms with Crippen LogP contribution in [0.5, 0.6) is 0 Å². The molecule has 33 heavy (non-hydrogen) atoms. The zero-order chi connectivity index (χ0) is 24.0. The Labute approximate surface area is 195 Å². The zero-order valence-electron chi connectivity index (χ0n) is 18.0. The van der Waals surface area contributed by atoms with Crippen molar-refractivity contribution in [2.75, 3.05) is 36.5 Å². The molecule has 0 radical (unpaired) electrons. The van der Waals surface area contributed by atoms with Gasteiger partial charge in [0.2, 0.25) is 5.91 Å². The van der Waals surface area contributed by atoms with Gasteiger partial charge < -0.3 is 4.90 Å². The number of benzene rings is 1. The van der Waals surface area contributed by atoms with E-state index in [0.29, 0.717) is 43.1 Å². The highest BCUT2D eigenvalue weighted by Gasteiger charge is 2.54. The number of piperidine rings is 1. The van der Waals surface area contributed by atoms with Crippen molar-refractivity contribution >= 4 is 33.0 Å². The van der Waals surface area contributed by atoms with Crippen LogP contribution in [0.2, 0.25) is 5.02 Å². The lowest BCUT2D eigenvalue weighted by atomic mass is 9.73. The van der Waals surface area contributed by atoms with Crippen LogP contribution < -0.4 is 4.90 Å². The number of carbonyl (C=O) groups excluding carboxylic acids is 1. The first-order valence-electron chi connectivity index (χ1n) is 10.5. The molecule has 0 N–H and O–H groups in total. The first-order valence-corrected chi connectivity index (χ1v) is 12.9. The SMILES string of the molecule is CS(=O)(=O)CCn1cc(CN2CCC3(CC2)C(=O)N(CC(F)(F)F)c2ccc(Cl)cc23)cn1. The number of alkyl halides is 3. The Bertz CT molecular complexity index is 1160. The Hall–Kier alpha value is -2.11. The summed E-state index contributed by atoms with van der Waals surface area (Å²) in [6, 6.07) is 4.62. The third-order valence-electron chi connectivity index (χ3n) is 6.25. The van der Waals surface area contributed by atoms with E-state index in [-0.39, 0.29) is 18.0 Å². The molecule has 7 nitrogen and oxygen atoms in total. The molecule has 1 fully saturated rings. The number of aryl methyl sites for hydroxylation is 1. The Balaban J connectivity index is 1.47. The number of rotatable bonds is 6. The van der Waals surface area contributed by atoms with Crippen LogP contribution in [0.1, 0.15) is 24.0 Å². The summed E-state index contributed by atoms with van der Waals surface area (Å²) in [4.78, 5) is 16.2. The Morgan fingerprint density at radius 3 is 2.55 bits per heavy atom. The minimum absolute atomic E-state index is 0.00113. The van der Waals surface area contributed by atoms with Gasteiger partial charge in [-0.25, -0.2) is 8.42 Å². The molecule has 0 bridgehead atoms. The Morgan fingerprint density at radius 2 is 1.91 bits per heavy atom. The van der Waals surface area contributed by atoms with Crippen molar-refractivity contribution in [1.82, 2.24) is 14.7 Å². The topological polar surface area (TPSA) is 75.5 Å². The number of amides is 1. The van der Waals surface area contributed by atoms with Crippen LogP contribution in [-0.4, -0.2) is 66.8 Å². The van der Waals surface area contributed by atoms with Crippen molar-refractivity contribution in [1.29, 1.82) is 0 Å². The van der Waals surface area contributed by atoms with E-state index in [9.17, 15) is 26.4 Å². The van der Waals surface area contributed by atoms with Gasteiger partial charge in [-0.05, 0) is 49.7 Å². The van der Waals surface area contributed by atoms with E-state index in [0.717, 1.165) is 10.5 Å². The van der Waals surface area contributed by atoms with Crippen molar-refractivity contribution in [2.45, 2.75) is 37.5 Å². The predicted octanol–water partition coefficient (Wildman–Crippen LogP) is 3.02. The summed E-state index contributed by atoms with van der Waals surface area (Å²) in [5.74, 6) is -0.524. The number of anilines is 1. The minimum Gasteiger partial charge on any atom is -0.302 e. The average molecular weight is 505 g/mol. The molecule has 0 unspecified atom stereocenters. The van der Waals surface area contributed by atoms with Crippen LogP contribution in [-0.2, 0) is 33.1 Å². The molecule has 2 aromatic rings. The predicted molar refractivity (Wildman–Crippen MR) is 118 cm³/mol. The van der Waals surface area contributed by atoms with Crippen LogP contribution in [0.25, 0.3) is 0 Å². The molecular weight excluding hydrogens is 481 g/mol. The van der Waals surface area contributed by atoms with Gasteiger partial charge in [0.15, 0.2) is 0 Å². The van der Waals surface area contributed by atoms with Crippen LogP contribution in [0.3, 0.4) is 0 Å². The second-order valence-corrected chi connectivity index (χ2v) is 11.5. The fourth-order valence-corrected chi connectivity index (χ4v) is 5.34. The number of hydrogen-bond donors (Lipinski definition) is 0. The van der Waals surface area contributed by atoms with E-state index in [1.54, 1.807) is 23.1 Å². The maximum absolute atomic E-state index is 13.3. The standard InChI is InChI=1S/C21H24ClF3N4O3S/c1-33(31,32)9-8-28-13-15(11-26-28)12-27-6-4-20(5-7-27)17-10-16(22)2-3-18(17)29(19(20)30)14-21(23,24)25/h2-3,10-11,13H,4-9,12,14H2,1H3. The maximum Gasteiger partial charge on any atom is 0.406 e. The Kier molecular flexibility index (Phi) is 6.25. The molecule has 0 aliphatic carbocycles. The number of fused-ring (bicyclic) bond motifs is 2. The van der Waals surface area contributed by atoms with E-state index < -0.39 is 33.9 Å². The summed E-state index contributed by atoms with van der Waals surface area (Å²) in [5, 5.41) is 4.58. The number of likely N-dealkylation sites (tertiary alicyclic amines) is 1. The third kappa shape index (κ3) is 5.20. The molecule has 1 amide bonds. The fourth-order valence-electron chi connectivity index (χ4n) is 4.65. The molecular formula is C21H24ClF3N4O3S. The number of nitrogens with zero attached hydrogens (tertiary/aromatic N) is 4. The van der Waals surface area contributed by atoms with Crippen molar-refractivity contribution in [3.8, 4) is 0 Å². The van der Waals surface area contributed by atoms with Crippen LogP contribution >= 0.6 is 11.6 Å². The molecule has 2 aliphatic rings. The van der Waals surface area contributed by atoms with Gasteiger partial charge in [0.05, 0.1) is 23.9 Å². The second-order valence-electron chi connectivity index (χ2n) is 8.77. The van der Waals surface area contributed by atoms with Gasteiger partial charge in [-0.15, -0.1) is 0 Å². The lowest BCUT2D eigenvalue weighted by Crippen LogP contribution is -2.49. The first-order chi connectivity index (χ1) is 15.4. The molecule has 180 valence electrons. The molecule has 4 rings (SSSR count). The first kappa shape index (κ1) is 24.0. The molecule has 3 heterocycles. The van der Waals surface area contributed by atoms with E-state index in [1.165, 1.54) is 18.4 Å². The monoisotopic (exact) mass is 504 g/mol. The summed E-state index contributed by atoms with van der Waals surface area (Å²) in [7, 11) is -3.09. The lowest BCUT2D eigenvalue weighted by molar-refractivity contribution is -0.135. The Morgan fingerprint density at radius 1 is 1.21 bits per heavy atom. The average Bonchev–Trinajstić information content (AvgIpc) is 3.24. The highest BCUT2D eigenvalue weighted by molar-refractivity contribution is 7.90. The van der Waals surface area contributed by atoms with Gasteiger partial charge >= 0.3 is 6.18 Å².